The van der Waals surface area contributed by atoms with Gasteiger partial charge in [0.15, 0.2) is 5.78 Å². The Morgan fingerprint density at radius 1 is 1.15 bits per heavy atom. The lowest BCUT2D eigenvalue weighted by molar-refractivity contribution is -0.116. The maximum Gasteiger partial charge on any atom is 0.224 e. The Labute approximate surface area is 160 Å². The molecule has 1 aromatic carbocycles. The summed E-state index contributed by atoms with van der Waals surface area (Å²) in [5.41, 5.74) is 1.32. The standard InChI is InChI=1S/C19H19N3O2S2/c1-12(2)9-17(24)22-14-5-3-13(4-6-14)16(23)10-26-19-15-7-8-25-18(15)20-11-21-19/h3-8,11-12H,9-10H2,1-2H3,(H,22,24). The van der Waals surface area contributed by atoms with E-state index in [1.165, 1.54) is 18.1 Å². The first-order valence-electron chi connectivity index (χ1n) is 8.27. The van der Waals surface area contributed by atoms with Crippen LogP contribution < -0.4 is 5.32 Å². The highest BCUT2D eigenvalue weighted by molar-refractivity contribution is 8.00. The van der Waals surface area contributed by atoms with Crippen molar-refractivity contribution in [2.45, 2.75) is 25.3 Å². The van der Waals surface area contributed by atoms with Crippen molar-refractivity contribution in [3.63, 3.8) is 0 Å². The van der Waals surface area contributed by atoms with Crippen molar-refractivity contribution in [2.24, 2.45) is 5.92 Å². The van der Waals surface area contributed by atoms with Crippen molar-refractivity contribution in [1.82, 2.24) is 9.97 Å². The minimum absolute atomic E-state index is 0.0156. The van der Waals surface area contributed by atoms with Gasteiger partial charge in [-0.2, -0.15) is 0 Å². The SMILES string of the molecule is CC(C)CC(=O)Nc1ccc(C(=O)CSc2ncnc3sccc23)cc1. The molecule has 7 heteroatoms. The molecule has 0 atom stereocenters. The minimum atomic E-state index is -0.0156. The van der Waals surface area contributed by atoms with Crippen LogP contribution in [-0.4, -0.2) is 27.4 Å². The first kappa shape index (κ1) is 18.5. The average Bonchev–Trinajstić information content (AvgIpc) is 3.09. The summed E-state index contributed by atoms with van der Waals surface area (Å²) in [6.45, 7) is 4.00. The van der Waals surface area contributed by atoms with Crippen LogP contribution >= 0.6 is 23.1 Å². The third-order valence-electron chi connectivity index (χ3n) is 3.65. The van der Waals surface area contributed by atoms with Crippen LogP contribution in [0.5, 0.6) is 0 Å². The number of fused-ring (bicyclic) bond motifs is 1. The molecule has 0 aliphatic carbocycles. The summed E-state index contributed by atoms with van der Waals surface area (Å²) >= 11 is 2.97. The lowest BCUT2D eigenvalue weighted by Gasteiger charge is -2.08. The van der Waals surface area contributed by atoms with E-state index in [9.17, 15) is 9.59 Å². The van der Waals surface area contributed by atoms with Crippen molar-refractivity contribution in [3.8, 4) is 0 Å². The van der Waals surface area contributed by atoms with Gasteiger partial charge < -0.3 is 5.32 Å². The van der Waals surface area contributed by atoms with Crippen LogP contribution in [0.3, 0.4) is 0 Å². The number of carbonyl (C=O) groups excluding carboxylic acids is 2. The molecule has 0 saturated heterocycles. The molecule has 0 radical (unpaired) electrons. The van der Waals surface area contributed by atoms with E-state index in [2.05, 4.69) is 15.3 Å². The maximum absolute atomic E-state index is 12.4. The Bertz CT molecular complexity index is 920. The number of nitrogens with one attached hydrogen (secondary N) is 1. The minimum Gasteiger partial charge on any atom is -0.326 e. The molecular weight excluding hydrogens is 366 g/mol. The van der Waals surface area contributed by atoms with Gasteiger partial charge >= 0.3 is 0 Å². The molecule has 2 aromatic heterocycles. The van der Waals surface area contributed by atoms with Gasteiger partial charge in [-0.3, -0.25) is 9.59 Å². The summed E-state index contributed by atoms with van der Waals surface area (Å²) < 4.78 is 0. The van der Waals surface area contributed by atoms with E-state index in [1.54, 1.807) is 35.6 Å². The zero-order chi connectivity index (χ0) is 18.5. The second kappa shape index (κ2) is 8.42. The summed E-state index contributed by atoms with van der Waals surface area (Å²) in [6.07, 6.45) is 2.01. The van der Waals surface area contributed by atoms with Crippen LogP contribution in [0.1, 0.15) is 30.6 Å². The summed E-state index contributed by atoms with van der Waals surface area (Å²) in [6, 6.07) is 8.99. The van der Waals surface area contributed by atoms with Crippen molar-refractivity contribution in [1.29, 1.82) is 0 Å². The molecular formula is C19H19N3O2S2. The third-order valence-corrected chi connectivity index (χ3v) is 5.48. The number of amides is 1. The Hall–Kier alpha value is -2.25. The van der Waals surface area contributed by atoms with Crippen molar-refractivity contribution in [3.05, 3.63) is 47.6 Å². The van der Waals surface area contributed by atoms with E-state index < -0.39 is 0 Å². The van der Waals surface area contributed by atoms with Crippen molar-refractivity contribution >= 4 is 50.7 Å². The van der Waals surface area contributed by atoms with Crippen LogP contribution in [0.25, 0.3) is 10.2 Å². The molecule has 0 unspecified atom stereocenters. The number of anilines is 1. The fourth-order valence-corrected chi connectivity index (χ4v) is 4.10. The number of thioether (sulfide) groups is 1. The maximum atomic E-state index is 12.4. The molecule has 26 heavy (non-hydrogen) atoms. The molecule has 134 valence electrons. The fourth-order valence-electron chi connectivity index (χ4n) is 2.42. The van der Waals surface area contributed by atoms with Gasteiger partial charge in [-0.25, -0.2) is 9.97 Å². The second-order valence-electron chi connectivity index (χ2n) is 6.25. The van der Waals surface area contributed by atoms with Gasteiger partial charge in [-0.15, -0.1) is 11.3 Å². The van der Waals surface area contributed by atoms with E-state index in [0.29, 0.717) is 29.3 Å². The quantitative estimate of drug-likeness (QED) is 0.364. The number of rotatable bonds is 7. The number of thiophene rings is 1. The predicted octanol–water partition coefficient (Wildman–Crippen LogP) is 4.65. The molecule has 1 amide bonds. The van der Waals surface area contributed by atoms with Crippen LogP contribution in [0.4, 0.5) is 5.69 Å². The number of aromatic nitrogens is 2. The highest BCUT2D eigenvalue weighted by Crippen LogP contribution is 2.28. The van der Waals surface area contributed by atoms with Crippen molar-refractivity contribution < 1.29 is 9.59 Å². The molecule has 0 aliphatic heterocycles. The molecule has 0 aliphatic rings. The Morgan fingerprint density at radius 3 is 2.65 bits per heavy atom. The molecule has 1 N–H and O–H groups in total. The molecule has 3 rings (SSSR count). The van der Waals surface area contributed by atoms with Gasteiger partial charge in [0, 0.05) is 23.1 Å². The van der Waals surface area contributed by atoms with E-state index in [4.69, 9.17) is 0 Å². The molecule has 2 heterocycles. The van der Waals surface area contributed by atoms with Gasteiger partial charge in [0.1, 0.15) is 16.2 Å². The van der Waals surface area contributed by atoms with E-state index in [1.807, 2.05) is 25.3 Å². The van der Waals surface area contributed by atoms with E-state index in [-0.39, 0.29) is 11.7 Å². The van der Waals surface area contributed by atoms with Crippen LogP contribution in [0.15, 0.2) is 47.1 Å². The fraction of sp³-hybridized carbons (Fsp3) is 0.263. The number of hydrogen-bond donors (Lipinski definition) is 1. The number of nitrogens with zero attached hydrogens (tertiary/aromatic N) is 2. The first-order valence-corrected chi connectivity index (χ1v) is 10.1. The average molecular weight is 386 g/mol. The Balaban J connectivity index is 1.60. The number of ketones is 1. The molecule has 3 aromatic rings. The van der Waals surface area contributed by atoms with Gasteiger partial charge in [0.05, 0.1) is 5.75 Å². The van der Waals surface area contributed by atoms with Crippen LogP contribution in [0, 0.1) is 5.92 Å². The predicted molar refractivity (Wildman–Crippen MR) is 107 cm³/mol. The van der Waals surface area contributed by atoms with Gasteiger partial charge in [-0.05, 0) is 41.6 Å². The number of Topliss-reactive ketones (excluding diaryl/α,β-unsaturated/α-hetero) is 1. The van der Waals surface area contributed by atoms with Crippen LogP contribution in [0.2, 0.25) is 0 Å². The molecule has 5 nitrogen and oxygen atoms in total. The zero-order valence-corrected chi connectivity index (χ0v) is 16.2. The van der Waals surface area contributed by atoms with E-state index >= 15 is 0 Å². The highest BCUT2D eigenvalue weighted by Gasteiger charge is 2.11. The smallest absolute Gasteiger partial charge is 0.224 e. The van der Waals surface area contributed by atoms with Crippen molar-refractivity contribution in [2.75, 3.05) is 11.1 Å². The van der Waals surface area contributed by atoms with Crippen LogP contribution in [-0.2, 0) is 4.79 Å². The molecule has 0 fully saturated rings. The third kappa shape index (κ3) is 4.68. The van der Waals surface area contributed by atoms with E-state index in [0.717, 1.165) is 15.2 Å². The second-order valence-corrected chi connectivity index (χ2v) is 8.11. The number of carbonyl (C=O) groups is 2. The summed E-state index contributed by atoms with van der Waals surface area (Å²) in [5.74, 6) is 0.626. The monoisotopic (exact) mass is 385 g/mol. The van der Waals surface area contributed by atoms with Gasteiger partial charge in [0.25, 0.3) is 0 Å². The zero-order valence-electron chi connectivity index (χ0n) is 14.6. The Kier molecular flexibility index (Phi) is 6.00. The molecule has 0 bridgehead atoms. The van der Waals surface area contributed by atoms with Gasteiger partial charge in [-0.1, -0.05) is 25.6 Å². The Morgan fingerprint density at radius 2 is 1.92 bits per heavy atom. The summed E-state index contributed by atoms with van der Waals surface area (Å²) in [4.78, 5) is 33.6. The molecule has 0 saturated carbocycles. The lowest BCUT2D eigenvalue weighted by Crippen LogP contribution is -2.14. The highest BCUT2D eigenvalue weighted by atomic mass is 32.2. The topological polar surface area (TPSA) is 72.0 Å². The largest absolute Gasteiger partial charge is 0.326 e. The molecule has 0 spiro atoms. The lowest BCUT2D eigenvalue weighted by atomic mass is 10.1. The summed E-state index contributed by atoms with van der Waals surface area (Å²) in [7, 11) is 0. The normalized spacial score (nSPS) is 11.0. The number of benzene rings is 1. The number of hydrogen-bond acceptors (Lipinski definition) is 6. The van der Waals surface area contributed by atoms with Gasteiger partial charge in [0.2, 0.25) is 5.91 Å². The summed E-state index contributed by atoms with van der Waals surface area (Å²) in [5, 5.41) is 6.62. The first-order chi connectivity index (χ1) is 12.5.